The molecule has 0 bridgehead atoms. The van der Waals surface area contributed by atoms with Gasteiger partial charge in [-0.25, -0.2) is 9.59 Å². The molecule has 18 heavy (non-hydrogen) atoms. The maximum Gasteiger partial charge on any atom is 0.329 e. The fourth-order valence-electron chi connectivity index (χ4n) is 1.23. The van der Waals surface area contributed by atoms with Crippen LogP contribution in [0.2, 0.25) is 0 Å². The summed E-state index contributed by atoms with van der Waals surface area (Å²) in [6.45, 7) is 0.425. The Morgan fingerprint density at radius 1 is 1.56 bits per heavy atom. The highest BCUT2D eigenvalue weighted by molar-refractivity contribution is 5.73. The maximum atomic E-state index is 11.6. The van der Waals surface area contributed by atoms with Crippen molar-refractivity contribution < 1.29 is 23.8 Å². The average Bonchev–Trinajstić information content (AvgIpc) is 2.80. The molecule has 0 saturated carbocycles. The van der Waals surface area contributed by atoms with Gasteiger partial charge in [-0.05, 0) is 12.1 Å². The highest BCUT2D eigenvalue weighted by atomic mass is 16.5. The average molecular weight is 256 g/mol. The molecule has 0 radical (unpaired) electrons. The number of hydrogen-bond donors (Lipinski definition) is 2. The van der Waals surface area contributed by atoms with Gasteiger partial charge in [0.05, 0.1) is 19.4 Å². The van der Waals surface area contributed by atoms with Gasteiger partial charge >= 0.3 is 12.0 Å². The Kier molecular flexibility index (Phi) is 5.72. The Morgan fingerprint density at radius 3 is 2.94 bits per heavy atom. The number of carboxylic acid groups (broad SMARTS) is 1. The second-order valence-electron chi connectivity index (χ2n) is 3.61. The molecule has 7 nitrogen and oxygen atoms in total. The number of furan rings is 1. The molecule has 0 aromatic carbocycles. The number of carboxylic acids is 1. The number of ether oxygens (including phenoxy) is 1. The van der Waals surface area contributed by atoms with Crippen LogP contribution in [0.15, 0.2) is 22.8 Å². The summed E-state index contributed by atoms with van der Waals surface area (Å²) in [6, 6.07) is 3.26. The molecule has 7 heteroatoms. The van der Waals surface area contributed by atoms with Crippen LogP contribution in [0, 0.1) is 0 Å². The number of amides is 2. The Balaban J connectivity index is 2.14. The third-order valence-corrected chi connectivity index (χ3v) is 2.07. The predicted molar refractivity (Wildman–Crippen MR) is 62.0 cm³/mol. The molecule has 0 unspecified atom stereocenters. The first-order chi connectivity index (χ1) is 8.59. The molecule has 100 valence electrons. The molecule has 2 amide bonds. The van der Waals surface area contributed by atoms with Crippen molar-refractivity contribution in [2.45, 2.75) is 6.54 Å². The van der Waals surface area contributed by atoms with E-state index >= 15 is 0 Å². The Labute approximate surface area is 104 Å². The van der Waals surface area contributed by atoms with Crippen molar-refractivity contribution in [1.29, 1.82) is 0 Å². The summed E-state index contributed by atoms with van der Waals surface area (Å²) >= 11 is 0. The largest absolute Gasteiger partial charge is 0.480 e. The predicted octanol–water partition coefficient (Wildman–Crippen LogP) is 0.522. The van der Waals surface area contributed by atoms with Crippen LogP contribution in [-0.4, -0.2) is 48.8 Å². The summed E-state index contributed by atoms with van der Waals surface area (Å²) in [5.74, 6) is -0.342. The first-order valence-corrected chi connectivity index (χ1v) is 5.40. The van der Waals surface area contributed by atoms with Crippen LogP contribution in [-0.2, 0) is 16.1 Å². The molecule has 0 spiro atoms. The maximum absolute atomic E-state index is 11.6. The minimum atomic E-state index is -1.03. The molecule has 0 atom stereocenters. The smallest absolute Gasteiger partial charge is 0.329 e. The molecular weight excluding hydrogens is 240 g/mol. The Hall–Kier alpha value is -2.02. The van der Waals surface area contributed by atoms with Gasteiger partial charge in [0.15, 0.2) is 0 Å². The number of aliphatic carboxylic acids is 1. The Bertz CT molecular complexity index is 377. The molecule has 0 aliphatic rings. The van der Waals surface area contributed by atoms with Crippen LogP contribution in [0.25, 0.3) is 0 Å². The molecule has 0 aliphatic heterocycles. The van der Waals surface area contributed by atoms with E-state index in [1.807, 2.05) is 0 Å². The van der Waals surface area contributed by atoms with Gasteiger partial charge in [-0.3, -0.25) is 0 Å². The summed E-state index contributed by atoms with van der Waals surface area (Å²) in [7, 11) is 1.63. The summed E-state index contributed by atoms with van der Waals surface area (Å²) in [5.41, 5.74) is 0. The van der Waals surface area contributed by atoms with Crippen molar-refractivity contribution in [3.8, 4) is 0 Å². The van der Waals surface area contributed by atoms with Crippen LogP contribution in [0.1, 0.15) is 5.76 Å². The van der Waals surface area contributed by atoms with E-state index in [1.165, 1.54) is 4.90 Å². The minimum absolute atomic E-state index is 0.159. The van der Waals surface area contributed by atoms with Crippen molar-refractivity contribution in [1.82, 2.24) is 10.2 Å². The van der Waals surface area contributed by atoms with Gasteiger partial charge < -0.3 is 24.5 Å². The van der Waals surface area contributed by atoms with E-state index in [2.05, 4.69) is 5.32 Å². The summed E-state index contributed by atoms with van der Waals surface area (Å²) in [5, 5.41) is 10.9. The molecule has 0 aliphatic carbocycles. The van der Waals surface area contributed by atoms with E-state index in [1.54, 1.807) is 25.4 Å². The lowest BCUT2D eigenvalue weighted by molar-refractivity contribution is -0.142. The van der Waals surface area contributed by atoms with Gasteiger partial charge in [0.25, 0.3) is 0 Å². The SMILES string of the molecule is CN(Cc1ccco1)C(=O)NCCOCC(=O)O. The quantitative estimate of drug-likeness (QED) is 0.694. The molecule has 1 rings (SSSR count). The fraction of sp³-hybridized carbons (Fsp3) is 0.455. The van der Waals surface area contributed by atoms with Crippen LogP contribution < -0.4 is 5.32 Å². The zero-order chi connectivity index (χ0) is 13.4. The van der Waals surface area contributed by atoms with Crippen molar-refractivity contribution >= 4 is 12.0 Å². The normalized spacial score (nSPS) is 10.1. The molecule has 1 heterocycles. The van der Waals surface area contributed by atoms with Gasteiger partial charge in [0.2, 0.25) is 0 Å². The lowest BCUT2D eigenvalue weighted by Gasteiger charge is -2.16. The van der Waals surface area contributed by atoms with E-state index in [0.29, 0.717) is 12.3 Å². The lowest BCUT2D eigenvalue weighted by Crippen LogP contribution is -2.38. The number of nitrogens with one attached hydrogen (secondary N) is 1. The topological polar surface area (TPSA) is 92.0 Å². The third-order valence-electron chi connectivity index (χ3n) is 2.07. The summed E-state index contributed by atoms with van der Waals surface area (Å²) in [4.78, 5) is 23.2. The highest BCUT2D eigenvalue weighted by Crippen LogP contribution is 2.03. The molecule has 1 aromatic heterocycles. The van der Waals surface area contributed by atoms with E-state index in [4.69, 9.17) is 14.3 Å². The van der Waals surface area contributed by atoms with Crippen LogP contribution in [0.5, 0.6) is 0 Å². The number of nitrogens with zero attached hydrogens (tertiary/aromatic N) is 1. The summed E-state index contributed by atoms with van der Waals surface area (Å²) < 4.78 is 9.89. The van der Waals surface area contributed by atoms with Crippen molar-refractivity contribution in [2.24, 2.45) is 0 Å². The van der Waals surface area contributed by atoms with Gasteiger partial charge in [-0.1, -0.05) is 0 Å². The van der Waals surface area contributed by atoms with Crippen LogP contribution >= 0.6 is 0 Å². The second kappa shape index (κ2) is 7.33. The zero-order valence-electron chi connectivity index (χ0n) is 10.1. The molecule has 0 fully saturated rings. The van der Waals surface area contributed by atoms with Gasteiger partial charge in [-0.15, -0.1) is 0 Å². The lowest BCUT2D eigenvalue weighted by atomic mass is 10.4. The molecule has 2 N–H and O–H groups in total. The molecule has 1 aromatic rings. The number of hydrogen-bond acceptors (Lipinski definition) is 4. The van der Waals surface area contributed by atoms with Gasteiger partial charge in [0, 0.05) is 13.6 Å². The monoisotopic (exact) mass is 256 g/mol. The number of urea groups is 1. The van der Waals surface area contributed by atoms with Gasteiger partial charge in [-0.2, -0.15) is 0 Å². The Morgan fingerprint density at radius 2 is 2.33 bits per heavy atom. The zero-order valence-corrected chi connectivity index (χ0v) is 10.1. The number of rotatable bonds is 7. The van der Waals surface area contributed by atoms with E-state index < -0.39 is 5.97 Å². The standard InChI is InChI=1S/C11H16N2O5/c1-13(7-9-3-2-5-18-9)11(16)12-4-6-17-8-10(14)15/h2-3,5H,4,6-8H2,1H3,(H,12,16)(H,14,15). The van der Waals surface area contributed by atoms with Crippen LogP contribution in [0.4, 0.5) is 4.79 Å². The van der Waals surface area contributed by atoms with Crippen molar-refractivity contribution in [3.63, 3.8) is 0 Å². The third kappa shape index (κ3) is 5.35. The number of carbonyl (C=O) groups excluding carboxylic acids is 1. The fourth-order valence-corrected chi connectivity index (χ4v) is 1.23. The molecule has 0 saturated heterocycles. The van der Waals surface area contributed by atoms with E-state index in [-0.39, 0.29) is 25.8 Å². The van der Waals surface area contributed by atoms with Gasteiger partial charge in [0.1, 0.15) is 12.4 Å². The van der Waals surface area contributed by atoms with E-state index in [9.17, 15) is 9.59 Å². The summed E-state index contributed by atoms with van der Waals surface area (Å²) in [6.07, 6.45) is 1.54. The van der Waals surface area contributed by atoms with E-state index in [0.717, 1.165) is 0 Å². The highest BCUT2D eigenvalue weighted by Gasteiger charge is 2.09. The second-order valence-corrected chi connectivity index (χ2v) is 3.61. The minimum Gasteiger partial charge on any atom is -0.480 e. The number of carbonyl (C=O) groups is 2. The van der Waals surface area contributed by atoms with Crippen LogP contribution in [0.3, 0.4) is 0 Å². The molecular formula is C11H16N2O5. The van der Waals surface area contributed by atoms with Crippen molar-refractivity contribution in [2.75, 3.05) is 26.8 Å². The first kappa shape index (κ1) is 14.0. The van der Waals surface area contributed by atoms with Crippen molar-refractivity contribution in [3.05, 3.63) is 24.2 Å². The first-order valence-electron chi connectivity index (χ1n) is 5.40.